The third-order valence-electron chi connectivity index (χ3n) is 12.3. The quantitative estimate of drug-likeness (QED) is 0.0967. The molecule has 4 rings (SSSR count). The van der Waals surface area contributed by atoms with E-state index in [0.29, 0.717) is 30.1 Å². The highest BCUT2D eigenvalue weighted by atomic mass is 35.5. The summed E-state index contributed by atoms with van der Waals surface area (Å²) in [4.78, 5) is 23.9. The molecule has 7 nitrogen and oxygen atoms in total. The van der Waals surface area contributed by atoms with Gasteiger partial charge in [-0.25, -0.2) is 4.79 Å². The van der Waals surface area contributed by atoms with Crippen molar-refractivity contribution in [1.82, 2.24) is 10.3 Å². The van der Waals surface area contributed by atoms with Crippen LogP contribution in [0.1, 0.15) is 98.8 Å². The van der Waals surface area contributed by atoms with Gasteiger partial charge in [0.15, 0.2) is 0 Å². The number of alkyl halides is 1. The molecule has 8 heteroatoms. The number of fused-ring (bicyclic) bond motifs is 5. The molecule has 2 amide bonds. The van der Waals surface area contributed by atoms with Crippen LogP contribution in [0.3, 0.4) is 0 Å². The van der Waals surface area contributed by atoms with Gasteiger partial charge >= 0.3 is 6.03 Å². The number of hydrogen-bond donors (Lipinski definition) is 3. The molecular formula is C33H56ClN3O4. The molecule has 0 saturated heterocycles. The van der Waals surface area contributed by atoms with Gasteiger partial charge in [-0.1, -0.05) is 65.5 Å². The van der Waals surface area contributed by atoms with E-state index in [1.165, 1.54) is 50.5 Å². The van der Waals surface area contributed by atoms with Crippen LogP contribution in [0.15, 0.2) is 16.9 Å². The van der Waals surface area contributed by atoms with Crippen molar-refractivity contribution in [1.29, 1.82) is 0 Å². The second-order valence-corrected chi connectivity index (χ2v) is 15.3. The van der Waals surface area contributed by atoms with E-state index in [2.05, 4.69) is 51.3 Å². The minimum Gasteiger partial charge on any atom is -0.396 e. The molecular weight excluding hydrogens is 538 g/mol. The molecule has 3 fully saturated rings. The number of urea groups is 1. The van der Waals surface area contributed by atoms with Crippen LogP contribution >= 0.6 is 11.6 Å². The molecule has 4 aliphatic rings. The third kappa shape index (κ3) is 6.52. The summed E-state index contributed by atoms with van der Waals surface area (Å²) in [7, 11) is 0. The lowest BCUT2D eigenvalue weighted by atomic mass is 9.44. The van der Waals surface area contributed by atoms with E-state index in [1.54, 1.807) is 0 Å². The minimum absolute atomic E-state index is 0.0420. The number of amides is 2. The van der Waals surface area contributed by atoms with Crippen molar-refractivity contribution in [3.8, 4) is 0 Å². The zero-order valence-electron chi connectivity index (χ0n) is 26.2. The van der Waals surface area contributed by atoms with Crippen LogP contribution in [0.5, 0.6) is 0 Å². The van der Waals surface area contributed by atoms with Gasteiger partial charge < -0.3 is 15.5 Å². The fraction of sp³-hybridized carbons (Fsp3) is 0.909. The van der Waals surface area contributed by atoms with E-state index in [0.717, 1.165) is 29.7 Å². The molecule has 0 radical (unpaired) electrons. The first kappa shape index (κ1) is 32.7. The summed E-state index contributed by atoms with van der Waals surface area (Å²) in [6.07, 6.45) is 13.6. The minimum atomic E-state index is -0.568. The lowest BCUT2D eigenvalue weighted by Gasteiger charge is -2.61. The molecule has 3 N–H and O–H groups in total. The van der Waals surface area contributed by atoms with Gasteiger partial charge in [0.25, 0.3) is 0 Å². The second-order valence-electron chi connectivity index (χ2n) is 14.9. The van der Waals surface area contributed by atoms with Crippen molar-refractivity contribution < 1.29 is 15.0 Å². The largest absolute Gasteiger partial charge is 0.396 e. The van der Waals surface area contributed by atoms with Crippen LogP contribution in [0.2, 0.25) is 0 Å². The van der Waals surface area contributed by atoms with Gasteiger partial charge in [-0.3, -0.25) is 0 Å². The Bertz CT molecular complexity index is 945. The topological polar surface area (TPSA) is 102 Å². The highest BCUT2D eigenvalue weighted by molar-refractivity contribution is 6.18. The van der Waals surface area contributed by atoms with Gasteiger partial charge in [0, 0.05) is 24.9 Å². The Morgan fingerprint density at radius 1 is 1.15 bits per heavy atom. The molecule has 10 atom stereocenters. The Kier molecular flexibility index (Phi) is 10.9. The number of aliphatic hydroxyl groups is 2. The molecule has 0 aliphatic heterocycles. The maximum absolute atomic E-state index is 12.7. The van der Waals surface area contributed by atoms with Gasteiger partial charge in [-0.15, -0.1) is 16.5 Å². The fourth-order valence-corrected chi connectivity index (χ4v) is 10.2. The lowest BCUT2D eigenvalue weighted by molar-refractivity contribution is -0.0877. The lowest BCUT2D eigenvalue weighted by Crippen LogP contribution is -2.55. The first-order chi connectivity index (χ1) is 19.5. The van der Waals surface area contributed by atoms with E-state index in [1.807, 2.05) is 0 Å². The number of rotatable bonds is 12. The Labute approximate surface area is 253 Å². The van der Waals surface area contributed by atoms with E-state index < -0.39 is 6.03 Å². The molecule has 0 spiro atoms. The second kappa shape index (κ2) is 13.6. The zero-order valence-corrected chi connectivity index (χ0v) is 26.9. The summed E-state index contributed by atoms with van der Waals surface area (Å²) in [5.41, 5.74) is 1.73. The van der Waals surface area contributed by atoms with Crippen molar-refractivity contribution >= 4 is 17.6 Å². The summed E-state index contributed by atoms with van der Waals surface area (Å²) < 4.78 is 0. The number of aliphatic hydroxyl groups excluding tert-OH is 2. The van der Waals surface area contributed by atoms with Crippen molar-refractivity contribution in [2.75, 3.05) is 25.6 Å². The Balaban J connectivity index is 1.62. The molecule has 0 bridgehead atoms. The fourth-order valence-electron chi connectivity index (χ4n) is 10.1. The van der Waals surface area contributed by atoms with Gasteiger partial charge in [0.2, 0.25) is 0 Å². The normalized spacial score (nSPS) is 37.8. The van der Waals surface area contributed by atoms with E-state index >= 15 is 0 Å². The monoisotopic (exact) mass is 593 g/mol. The van der Waals surface area contributed by atoms with Crippen LogP contribution in [0.25, 0.3) is 0 Å². The van der Waals surface area contributed by atoms with Gasteiger partial charge in [-0.05, 0) is 97.2 Å². The van der Waals surface area contributed by atoms with Gasteiger partial charge in [0.05, 0.1) is 17.9 Å². The predicted octanol–water partition coefficient (Wildman–Crippen LogP) is 7.16. The van der Waals surface area contributed by atoms with Gasteiger partial charge in [-0.2, -0.15) is 5.01 Å². The molecule has 0 aromatic rings. The standard InChI is InChI=1S/C33H56ClN3O4/c1-21(2)7-6-8-22(3)27-9-10-28-30-26(23(20-38)19-35-31(40)37(36-41)16-15-34)18-24-17-25(39)11-13-32(24,4)29(30)12-14-33(27,28)5/h18,21-23,25-30,38-39H,6-17,19-20H2,1-5H3,(H,35,40)/t22-,23?,25+,26-,27-,28+,29+,30+,32+,33-/m1/s1. The molecule has 1 unspecified atom stereocenters. The predicted molar refractivity (Wildman–Crippen MR) is 165 cm³/mol. The maximum atomic E-state index is 12.7. The molecule has 3 saturated carbocycles. The van der Waals surface area contributed by atoms with E-state index in [4.69, 9.17) is 11.6 Å². The number of nitrogens with zero attached hydrogens (tertiary/aromatic N) is 2. The Hall–Kier alpha value is -1.18. The number of allylic oxidation sites excluding steroid dienone is 1. The Morgan fingerprint density at radius 3 is 2.56 bits per heavy atom. The summed E-state index contributed by atoms with van der Waals surface area (Å²) in [5.74, 6) is 3.79. The van der Waals surface area contributed by atoms with Crippen molar-refractivity contribution in [2.45, 2.75) is 105 Å². The summed E-state index contributed by atoms with van der Waals surface area (Å²) in [6, 6.07) is -0.568. The van der Waals surface area contributed by atoms with E-state index in [9.17, 15) is 19.9 Å². The van der Waals surface area contributed by atoms with Crippen molar-refractivity contribution in [3.63, 3.8) is 0 Å². The highest BCUT2D eigenvalue weighted by Crippen LogP contribution is 2.69. The molecule has 41 heavy (non-hydrogen) atoms. The molecule has 0 heterocycles. The summed E-state index contributed by atoms with van der Waals surface area (Å²) >= 11 is 5.75. The van der Waals surface area contributed by atoms with Crippen LogP contribution < -0.4 is 5.32 Å². The van der Waals surface area contributed by atoms with Crippen LogP contribution in [-0.2, 0) is 0 Å². The molecule has 234 valence electrons. The average molecular weight is 594 g/mol. The van der Waals surface area contributed by atoms with Crippen LogP contribution in [0.4, 0.5) is 4.79 Å². The van der Waals surface area contributed by atoms with Crippen molar-refractivity contribution in [3.05, 3.63) is 16.6 Å². The first-order valence-electron chi connectivity index (χ1n) is 16.4. The van der Waals surface area contributed by atoms with Crippen molar-refractivity contribution in [2.24, 2.45) is 63.5 Å². The first-order valence-corrected chi connectivity index (χ1v) is 17.0. The van der Waals surface area contributed by atoms with E-state index in [-0.39, 0.29) is 54.3 Å². The number of halogens is 1. The number of hydrogen-bond acceptors (Lipinski definition) is 5. The highest BCUT2D eigenvalue weighted by Gasteiger charge is 2.61. The molecule has 0 aromatic heterocycles. The Morgan fingerprint density at radius 2 is 1.90 bits per heavy atom. The molecule has 0 aromatic carbocycles. The number of carbonyl (C=O) groups excluding carboxylic acids is 1. The number of nitrogens with one attached hydrogen (secondary N) is 1. The SMILES string of the molecule is CC(C)CCC[C@@H](C)[C@H]1CC[C@H]2[C@@H]3[C@@H](C(CO)CNC(=O)N(CCCl)N=O)C=C4C[C@@H](O)CC[C@]4(C)[C@H]3CC[C@]12C. The van der Waals surface area contributed by atoms with Crippen LogP contribution in [0, 0.1) is 63.1 Å². The van der Waals surface area contributed by atoms with Crippen LogP contribution in [-0.4, -0.2) is 52.9 Å². The number of carbonyl (C=O) groups is 1. The average Bonchev–Trinajstić information content (AvgIpc) is 3.29. The summed E-state index contributed by atoms with van der Waals surface area (Å²) in [6.45, 7) is 12.4. The smallest absolute Gasteiger partial charge is 0.340 e. The molecule has 4 aliphatic carbocycles. The number of nitroso groups, excluding NO2 is 1. The zero-order chi connectivity index (χ0) is 29.9. The van der Waals surface area contributed by atoms with Gasteiger partial charge in [0.1, 0.15) is 0 Å². The maximum Gasteiger partial charge on any atom is 0.340 e. The summed E-state index contributed by atoms with van der Waals surface area (Å²) in [5, 5.41) is 27.9. The third-order valence-corrected chi connectivity index (χ3v) is 12.5.